The van der Waals surface area contributed by atoms with Crippen molar-refractivity contribution < 1.29 is 14.0 Å². The molecule has 0 saturated carbocycles. The molecule has 5 heteroatoms. The number of rotatable bonds is 5. The van der Waals surface area contributed by atoms with Crippen LogP contribution in [0.5, 0.6) is 0 Å². The summed E-state index contributed by atoms with van der Waals surface area (Å²) in [7, 11) is 0. The molecule has 0 aromatic heterocycles. The summed E-state index contributed by atoms with van der Waals surface area (Å²) in [5.74, 6) is -0.606. The maximum absolute atomic E-state index is 12.7. The molecule has 1 N–H and O–H groups in total. The molecule has 0 bridgehead atoms. The first-order valence-electron chi connectivity index (χ1n) is 6.82. The quantitative estimate of drug-likeness (QED) is 0.679. The molecule has 0 fully saturated rings. The predicted octanol–water partition coefficient (Wildman–Crippen LogP) is 3.43. The lowest BCUT2D eigenvalue weighted by molar-refractivity contribution is -0.120. The van der Waals surface area contributed by atoms with Gasteiger partial charge >= 0.3 is 0 Å². The lowest BCUT2D eigenvalue weighted by atomic mass is 10.1. The average Bonchev–Trinajstić information content (AvgIpc) is 2.49. The van der Waals surface area contributed by atoms with Gasteiger partial charge in [0.15, 0.2) is 6.61 Å². The highest BCUT2D eigenvalue weighted by Gasteiger charge is 2.03. The van der Waals surface area contributed by atoms with Crippen molar-refractivity contribution in [2.24, 2.45) is 5.16 Å². The van der Waals surface area contributed by atoms with Gasteiger partial charge in [-0.05, 0) is 54.8 Å². The number of nitrogens with zero attached hydrogens (tertiary/aromatic N) is 1. The second kappa shape index (κ2) is 7.36. The standard InChI is InChI=1S/C17H17FN2O2/c1-12-3-8-16(9-13(12)2)20-17(21)11-22-19-10-14-4-6-15(18)7-5-14/h3-10H,11H2,1-2H3,(H,20,21)/b19-10+. The van der Waals surface area contributed by atoms with Crippen LogP contribution in [-0.2, 0) is 9.63 Å². The minimum atomic E-state index is -0.314. The van der Waals surface area contributed by atoms with Gasteiger partial charge in [-0.25, -0.2) is 4.39 Å². The van der Waals surface area contributed by atoms with E-state index in [1.54, 1.807) is 12.1 Å². The summed E-state index contributed by atoms with van der Waals surface area (Å²) in [6.07, 6.45) is 1.42. The van der Waals surface area contributed by atoms with Crippen molar-refractivity contribution in [2.45, 2.75) is 13.8 Å². The van der Waals surface area contributed by atoms with Crippen LogP contribution in [0.25, 0.3) is 0 Å². The number of anilines is 1. The molecule has 0 aliphatic heterocycles. The van der Waals surface area contributed by atoms with Crippen LogP contribution in [0.15, 0.2) is 47.6 Å². The topological polar surface area (TPSA) is 50.7 Å². The van der Waals surface area contributed by atoms with E-state index in [9.17, 15) is 9.18 Å². The average molecular weight is 300 g/mol. The van der Waals surface area contributed by atoms with Crippen molar-refractivity contribution in [3.05, 3.63) is 65.0 Å². The summed E-state index contributed by atoms with van der Waals surface area (Å²) in [6, 6.07) is 11.5. The van der Waals surface area contributed by atoms with E-state index in [0.29, 0.717) is 5.56 Å². The van der Waals surface area contributed by atoms with Gasteiger partial charge in [0.1, 0.15) is 5.82 Å². The maximum atomic E-state index is 12.7. The molecule has 2 aromatic rings. The molecule has 0 aliphatic rings. The normalized spacial score (nSPS) is 10.7. The molecule has 2 aromatic carbocycles. The number of oxime groups is 1. The highest BCUT2D eigenvalue weighted by molar-refractivity contribution is 5.91. The molecule has 0 aliphatic carbocycles. The molecule has 0 saturated heterocycles. The smallest absolute Gasteiger partial charge is 0.265 e. The van der Waals surface area contributed by atoms with Gasteiger partial charge < -0.3 is 10.2 Å². The van der Waals surface area contributed by atoms with Crippen LogP contribution in [0.3, 0.4) is 0 Å². The number of halogens is 1. The predicted molar refractivity (Wildman–Crippen MR) is 84.5 cm³/mol. The molecule has 114 valence electrons. The summed E-state index contributed by atoms with van der Waals surface area (Å²) in [6.45, 7) is 3.80. The van der Waals surface area contributed by atoms with Crippen molar-refractivity contribution in [3.8, 4) is 0 Å². The number of amides is 1. The van der Waals surface area contributed by atoms with E-state index in [1.807, 2.05) is 32.0 Å². The molecular weight excluding hydrogens is 283 g/mol. The first kappa shape index (κ1) is 15.7. The third-order valence-electron chi connectivity index (χ3n) is 3.13. The fourth-order valence-corrected chi connectivity index (χ4v) is 1.76. The zero-order valence-electron chi connectivity index (χ0n) is 12.5. The Morgan fingerprint density at radius 3 is 2.59 bits per heavy atom. The van der Waals surface area contributed by atoms with E-state index in [1.165, 1.54) is 18.3 Å². The SMILES string of the molecule is Cc1ccc(NC(=O)CO/N=C/c2ccc(F)cc2)cc1C. The Balaban J connectivity index is 1.80. The fourth-order valence-electron chi connectivity index (χ4n) is 1.76. The second-order valence-electron chi connectivity index (χ2n) is 4.91. The fraction of sp³-hybridized carbons (Fsp3) is 0.176. The molecule has 22 heavy (non-hydrogen) atoms. The van der Waals surface area contributed by atoms with Gasteiger partial charge in [0.2, 0.25) is 0 Å². The zero-order chi connectivity index (χ0) is 15.9. The molecule has 0 radical (unpaired) electrons. The van der Waals surface area contributed by atoms with Gasteiger partial charge in [-0.15, -0.1) is 0 Å². The van der Waals surface area contributed by atoms with Gasteiger partial charge in [-0.3, -0.25) is 4.79 Å². The minimum Gasteiger partial charge on any atom is -0.386 e. The summed E-state index contributed by atoms with van der Waals surface area (Å²) < 4.78 is 12.7. The van der Waals surface area contributed by atoms with Crippen LogP contribution in [-0.4, -0.2) is 18.7 Å². The third kappa shape index (κ3) is 4.70. The largest absolute Gasteiger partial charge is 0.386 e. The number of benzene rings is 2. The second-order valence-corrected chi connectivity index (χ2v) is 4.91. The molecule has 1 amide bonds. The molecule has 0 spiro atoms. The van der Waals surface area contributed by atoms with E-state index in [4.69, 9.17) is 4.84 Å². The Bertz CT molecular complexity index is 682. The van der Waals surface area contributed by atoms with Crippen molar-refractivity contribution in [1.82, 2.24) is 0 Å². The van der Waals surface area contributed by atoms with E-state index in [0.717, 1.165) is 16.8 Å². The van der Waals surface area contributed by atoms with Crippen LogP contribution in [0.1, 0.15) is 16.7 Å². The maximum Gasteiger partial charge on any atom is 0.265 e. The van der Waals surface area contributed by atoms with Crippen molar-refractivity contribution >= 4 is 17.8 Å². The Morgan fingerprint density at radius 2 is 1.91 bits per heavy atom. The van der Waals surface area contributed by atoms with Crippen LogP contribution in [0.4, 0.5) is 10.1 Å². The Hall–Kier alpha value is -2.69. The van der Waals surface area contributed by atoms with Gasteiger partial charge in [0, 0.05) is 5.69 Å². The van der Waals surface area contributed by atoms with Gasteiger partial charge in [0.05, 0.1) is 6.21 Å². The first-order valence-corrected chi connectivity index (χ1v) is 6.82. The highest BCUT2D eigenvalue weighted by Crippen LogP contribution is 2.13. The number of hydrogen-bond acceptors (Lipinski definition) is 3. The summed E-state index contributed by atoms with van der Waals surface area (Å²) >= 11 is 0. The van der Waals surface area contributed by atoms with Crippen molar-refractivity contribution in [3.63, 3.8) is 0 Å². The molecule has 0 atom stereocenters. The minimum absolute atomic E-state index is 0.190. The van der Waals surface area contributed by atoms with E-state index in [-0.39, 0.29) is 18.3 Å². The van der Waals surface area contributed by atoms with Crippen LogP contribution in [0, 0.1) is 19.7 Å². The monoisotopic (exact) mass is 300 g/mol. The Morgan fingerprint density at radius 1 is 1.18 bits per heavy atom. The summed E-state index contributed by atoms with van der Waals surface area (Å²) in [5.41, 5.74) is 3.68. The lowest BCUT2D eigenvalue weighted by Crippen LogP contribution is -2.17. The van der Waals surface area contributed by atoms with Crippen molar-refractivity contribution in [1.29, 1.82) is 0 Å². The number of carbonyl (C=O) groups excluding carboxylic acids is 1. The highest BCUT2D eigenvalue weighted by atomic mass is 19.1. The van der Waals surface area contributed by atoms with Crippen LogP contribution in [0.2, 0.25) is 0 Å². The van der Waals surface area contributed by atoms with Gasteiger partial charge in [0.25, 0.3) is 5.91 Å². The van der Waals surface area contributed by atoms with Crippen molar-refractivity contribution in [2.75, 3.05) is 11.9 Å². The Labute approximate surface area is 128 Å². The van der Waals surface area contributed by atoms with E-state index < -0.39 is 0 Å². The molecular formula is C17H17FN2O2. The zero-order valence-corrected chi connectivity index (χ0v) is 12.5. The molecule has 2 rings (SSSR count). The van der Waals surface area contributed by atoms with Crippen LogP contribution >= 0.6 is 0 Å². The molecule has 0 heterocycles. The first-order chi connectivity index (χ1) is 10.5. The Kier molecular flexibility index (Phi) is 5.25. The number of carbonyl (C=O) groups is 1. The van der Waals surface area contributed by atoms with Crippen LogP contribution < -0.4 is 5.32 Å². The van der Waals surface area contributed by atoms with E-state index in [2.05, 4.69) is 10.5 Å². The molecule has 4 nitrogen and oxygen atoms in total. The number of aryl methyl sites for hydroxylation is 2. The molecule has 0 unspecified atom stereocenters. The summed E-state index contributed by atoms with van der Waals surface area (Å²) in [4.78, 5) is 16.6. The number of hydrogen-bond donors (Lipinski definition) is 1. The van der Waals surface area contributed by atoms with Gasteiger partial charge in [-0.2, -0.15) is 0 Å². The third-order valence-corrected chi connectivity index (χ3v) is 3.13. The van der Waals surface area contributed by atoms with Gasteiger partial charge in [-0.1, -0.05) is 23.4 Å². The lowest BCUT2D eigenvalue weighted by Gasteiger charge is -2.06. The summed E-state index contributed by atoms with van der Waals surface area (Å²) in [5, 5.41) is 6.40. The van der Waals surface area contributed by atoms with E-state index >= 15 is 0 Å². The number of nitrogens with one attached hydrogen (secondary N) is 1.